The number of methoxy groups -OCH3 is 1. The van der Waals surface area contributed by atoms with Crippen LogP contribution in [0.1, 0.15) is 23.2 Å². The van der Waals surface area contributed by atoms with Gasteiger partial charge in [0.15, 0.2) is 11.3 Å². The standard InChI is InChI=1S/C21H22N4O4/c1-28-17-5-2-4-15-12-16(20(27)29-18(15)17)19(26)24-13-14-6-10-25(11-7-14)21-22-8-3-9-23-21/h2-5,8-9,12,14H,6-7,10-11,13H2,1H3,(H,24,26). The summed E-state index contributed by atoms with van der Waals surface area (Å²) in [5.41, 5.74) is -0.330. The predicted molar refractivity (Wildman–Crippen MR) is 108 cm³/mol. The third-order valence-electron chi connectivity index (χ3n) is 5.19. The molecule has 3 heterocycles. The van der Waals surface area contributed by atoms with Crippen molar-refractivity contribution in [2.24, 2.45) is 5.92 Å². The Bertz CT molecular complexity index is 1060. The van der Waals surface area contributed by atoms with E-state index in [4.69, 9.17) is 9.15 Å². The van der Waals surface area contributed by atoms with Gasteiger partial charge in [0.2, 0.25) is 5.95 Å². The second kappa shape index (κ2) is 8.30. The summed E-state index contributed by atoms with van der Waals surface area (Å²) in [6.07, 6.45) is 5.31. The second-order valence-corrected chi connectivity index (χ2v) is 7.02. The van der Waals surface area contributed by atoms with Crippen LogP contribution < -0.4 is 20.6 Å². The van der Waals surface area contributed by atoms with Crippen LogP contribution in [0.4, 0.5) is 5.95 Å². The van der Waals surface area contributed by atoms with Crippen molar-refractivity contribution in [2.75, 3.05) is 31.6 Å². The Labute approximate surface area is 167 Å². The molecule has 4 rings (SSSR count). The Morgan fingerprint density at radius 3 is 2.72 bits per heavy atom. The highest BCUT2D eigenvalue weighted by Crippen LogP contribution is 2.24. The number of piperidine rings is 1. The summed E-state index contributed by atoms with van der Waals surface area (Å²) in [4.78, 5) is 35.6. The van der Waals surface area contributed by atoms with Crippen molar-refractivity contribution in [1.29, 1.82) is 0 Å². The largest absolute Gasteiger partial charge is 0.493 e. The topological polar surface area (TPSA) is 97.6 Å². The molecule has 1 N–H and O–H groups in total. The lowest BCUT2D eigenvalue weighted by Gasteiger charge is -2.31. The van der Waals surface area contributed by atoms with Crippen LogP contribution in [0.5, 0.6) is 5.75 Å². The zero-order valence-corrected chi connectivity index (χ0v) is 16.1. The second-order valence-electron chi connectivity index (χ2n) is 7.02. The number of carbonyl (C=O) groups is 1. The monoisotopic (exact) mass is 394 g/mol. The molecule has 0 bridgehead atoms. The molecule has 0 atom stereocenters. The minimum absolute atomic E-state index is 0.000810. The SMILES string of the molecule is COc1cccc2cc(C(=O)NCC3CCN(c4ncccn4)CC3)c(=O)oc12. The number of nitrogens with one attached hydrogen (secondary N) is 1. The van der Waals surface area contributed by atoms with E-state index in [1.807, 2.05) is 0 Å². The number of amides is 1. The number of ether oxygens (including phenoxy) is 1. The van der Waals surface area contributed by atoms with Crippen molar-refractivity contribution in [2.45, 2.75) is 12.8 Å². The molecule has 0 unspecified atom stereocenters. The molecule has 0 spiro atoms. The van der Waals surface area contributed by atoms with Gasteiger partial charge in [-0.2, -0.15) is 0 Å². The fourth-order valence-electron chi connectivity index (χ4n) is 3.56. The molecular weight excluding hydrogens is 372 g/mol. The van der Waals surface area contributed by atoms with E-state index in [2.05, 4.69) is 20.2 Å². The molecule has 2 aromatic heterocycles. The van der Waals surface area contributed by atoms with E-state index in [1.54, 1.807) is 42.7 Å². The van der Waals surface area contributed by atoms with Gasteiger partial charge in [0.1, 0.15) is 5.56 Å². The van der Waals surface area contributed by atoms with Crippen LogP contribution in [-0.2, 0) is 0 Å². The quantitative estimate of drug-likeness (QED) is 0.663. The van der Waals surface area contributed by atoms with E-state index < -0.39 is 11.5 Å². The van der Waals surface area contributed by atoms with Crippen molar-refractivity contribution in [3.8, 4) is 5.75 Å². The number of para-hydroxylation sites is 1. The van der Waals surface area contributed by atoms with Crippen LogP contribution in [0.15, 0.2) is 51.9 Å². The first-order valence-corrected chi connectivity index (χ1v) is 9.56. The van der Waals surface area contributed by atoms with Gasteiger partial charge in [-0.25, -0.2) is 14.8 Å². The summed E-state index contributed by atoms with van der Waals surface area (Å²) in [6.45, 7) is 2.18. The molecule has 8 nitrogen and oxygen atoms in total. The highest BCUT2D eigenvalue weighted by molar-refractivity contribution is 5.97. The molecule has 3 aromatic rings. The van der Waals surface area contributed by atoms with Crippen LogP contribution in [-0.4, -0.2) is 42.6 Å². The molecule has 1 aliphatic heterocycles. The van der Waals surface area contributed by atoms with Crippen molar-refractivity contribution < 1.29 is 13.9 Å². The van der Waals surface area contributed by atoms with E-state index in [-0.39, 0.29) is 5.56 Å². The van der Waals surface area contributed by atoms with Crippen molar-refractivity contribution in [3.63, 3.8) is 0 Å². The maximum atomic E-state index is 12.6. The lowest BCUT2D eigenvalue weighted by atomic mass is 9.97. The smallest absolute Gasteiger partial charge is 0.349 e. The van der Waals surface area contributed by atoms with Gasteiger partial charge in [-0.05, 0) is 37.0 Å². The molecule has 1 aliphatic rings. The molecular formula is C21H22N4O4. The number of fused-ring (bicyclic) bond motifs is 1. The first kappa shape index (κ1) is 18.9. The van der Waals surface area contributed by atoms with E-state index >= 15 is 0 Å². The van der Waals surface area contributed by atoms with Crippen LogP contribution in [0.2, 0.25) is 0 Å². The Morgan fingerprint density at radius 1 is 1.24 bits per heavy atom. The zero-order chi connectivity index (χ0) is 20.2. The van der Waals surface area contributed by atoms with Gasteiger partial charge in [0.05, 0.1) is 7.11 Å². The fraction of sp³-hybridized carbons (Fsp3) is 0.333. The van der Waals surface area contributed by atoms with Gasteiger partial charge < -0.3 is 19.4 Å². The summed E-state index contributed by atoms with van der Waals surface area (Å²) < 4.78 is 10.5. The summed E-state index contributed by atoms with van der Waals surface area (Å²) >= 11 is 0. The normalized spacial score (nSPS) is 14.7. The van der Waals surface area contributed by atoms with E-state index in [0.29, 0.717) is 29.2 Å². The van der Waals surface area contributed by atoms with Crippen LogP contribution in [0, 0.1) is 5.92 Å². The van der Waals surface area contributed by atoms with Crippen LogP contribution in [0.3, 0.4) is 0 Å². The van der Waals surface area contributed by atoms with Crippen molar-refractivity contribution in [1.82, 2.24) is 15.3 Å². The van der Waals surface area contributed by atoms with Crippen molar-refractivity contribution >= 4 is 22.8 Å². The maximum Gasteiger partial charge on any atom is 0.349 e. The number of anilines is 1. The fourth-order valence-corrected chi connectivity index (χ4v) is 3.56. The van der Waals surface area contributed by atoms with Crippen molar-refractivity contribution in [3.05, 3.63) is 58.7 Å². The molecule has 8 heteroatoms. The summed E-state index contributed by atoms with van der Waals surface area (Å²) in [5.74, 6) is 1.11. The minimum atomic E-state index is -0.671. The number of hydrogen-bond donors (Lipinski definition) is 1. The average Bonchev–Trinajstić information content (AvgIpc) is 2.77. The highest BCUT2D eigenvalue weighted by atomic mass is 16.5. The number of hydrogen-bond acceptors (Lipinski definition) is 7. The Morgan fingerprint density at radius 2 is 2.00 bits per heavy atom. The maximum absolute atomic E-state index is 12.6. The predicted octanol–water partition coefficient (Wildman–Crippen LogP) is 2.24. The van der Waals surface area contributed by atoms with Crippen LogP contribution >= 0.6 is 0 Å². The highest BCUT2D eigenvalue weighted by Gasteiger charge is 2.22. The molecule has 150 valence electrons. The lowest BCUT2D eigenvalue weighted by Crippen LogP contribution is -2.40. The summed E-state index contributed by atoms with van der Waals surface area (Å²) in [5, 5.41) is 3.52. The van der Waals surface area contributed by atoms with Crippen LogP contribution in [0.25, 0.3) is 11.0 Å². The van der Waals surface area contributed by atoms with Gasteiger partial charge in [-0.3, -0.25) is 4.79 Å². The van der Waals surface area contributed by atoms with Gasteiger partial charge in [0, 0.05) is 37.4 Å². The number of rotatable bonds is 5. The van der Waals surface area contributed by atoms with Gasteiger partial charge in [0.25, 0.3) is 5.91 Å². The molecule has 0 saturated carbocycles. The van der Waals surface area contributed by atoms with Gasteiger partial charge >= 0.3 is 5.63 Å². The molecule has 1 saturated heterocycles. The molecule has 29 heavy (non-hydrogen) atoms. The summed E-state index contributed by atoms with van der Waals surface area (Å²) in [7, 11) is 1.50. The minimum Gasteiger partial charge on any atom is -0.493 e. The Kier molecular flexibility index (Phi) is 5.41. The number of benzene rings is 1. The van der Waals surface area contributed by atoms with Gasteiger partial charge in [-0.1, -0.05) is 12.1 Å². The van der Waals surface area contributed by atoms with E-state index in [0.717, 1.165) is 31.9 Å². The van der Waals surface area contributed by atoms with Gasteiger partial charge in [-0.15, -0.1) is 0 Å². The average molecular weight is 394 g/mol. The molecule has 0 aliphatic carbocycles. The zero-order valence-electron chi connectivity index (χ0n) is 16.1. The number of nitrogens with zero attached hydrogens (tertiary/aromatic N) is 3. The first-order valence-electron chi connectivity index (χ1n) is 9.56. The molecule has 1 fully saturated rings. The number of carbonyl (C=O) groups excluding carboxylic acids is 1. The molecule has 1 aromatic carbocycles. The molecule has 0 radical (unpaired) electrons. The number of aromatic nitrogens is 2. The Balaban J connectivity index is 1.38. The third kappa shape index (κ3) is 4.06. The lowest BCUT2D eigenvalue weighted by molar-refractivity contribution is 0.0941. The summed E-state index contributed by atoms with van der Waals surface area (Å²) in [6, 6.07) is 8.61. The third-order valence-corrected chi connectivity index (χ3v) is 5.19. The van der Waals surface area contributed by atoms with E-state index in [1.165, 1.54) is 7.11 Å². The molecule has 1 amide bonds. The first-order chi connectivity index (χ1) is 14.2. The van der Waals surface area contributed by atoms with E-state index in [9.17, 15) is 9.59 Å². The Hall–Kier alpha value is -3.42.